The van der Waals surface area contributed by atoms with Crippen LogP contribution in [0.4, 0.5) is 0 Å². The molecule has 0 spiro atoms. The predicted octanol–water partition coefficient (Wildman–Crippen LogP) is 0.505. The number of sulfonamides is 1. The predicted molar refractivity (Wildman–Crippen MR) is 73.0 cm³/mol. The number of hydrogen-bond donors (Lipinski definition) is 1. The first kappa shape index (κ1) is 15.9. The third kappa shape index (κ3) is 4.50. The summed E-state index contributed by atoms with van der Waals surface area (Å²) in [5, 5.41) is 10.2. The van der Waals surface area contributed by atoms with Gasteiger partial charge in [0.05, 0.1) is 11.4 Å². The lowest BCUT2D eigenvalue weighted by Crippen LogP contribution is -2.48. The fourth-order valence-electron chi connectivity index (χ4n) is 2.34. The highest BCUT2D eigenvalue weighted by Crippen LogP contribution is 2.24. The van der Waals surface area contributed by atoms with E-state index >= 15 is 0 Å². The molecule has 1 aliphatic heterocycles. The molecular weight excluding hydrogens is 252 g/mol. The van der Waals surface area contributed by atoms with Crippen LogP contribution in [-0.2, 0) is 10.0 Å². The quantitative estimate of drug-likeness (QED) is 0.769. The zero-order chi connectivity index (χ0) is 13.8. The minimum Gasteiger partial charge on any atom is -0.389 e. The van der Waals surface area contributed by atoms with Crippen LogP contribution in [0.25, 0.3) is 0 Å². The first-order valence-corrected chi connectivity index (χ1v) is 8.25. The van der Waals surface area contributed by atoms with Crippen molar-refractivity contribution in [1.82, 2.24) is 9.21 Å². The molecule has 0 saturated carbocycles. The molecule has 0 aliphatic carbocycles. The van der Waals surface area contributed by atoms with Gasteiger partial charge in [-0.25, -0.2) is 12.7 Å². The van der Waals surface area contributed by atoms with Crippen LogP contribution in [0.15, 0.2) is 0 Å². The van der Waals surface area contributed by atoms with Crippen molar-refractivity contribution in [3.8, 4) is 0 Å². The van der Waals surface area contributed by atoms with E-state index in [1.807, 2.05) is 6.92 Å². The first-order chi connectivity index (χ1) is 8.29. The second kappa shape index (κ2) is 6.32. The third-order valence-electron chi connectivity index (χ3n) is 3.73. The summed E-state index contributed by atoms with van der Waals surface area (Å²) in [6.07, 6.45) is 3.24. The van der Waals surface area contributed by atoms with Crippen LogP contribution in [0.3, 0.4) is 0 Å². The van der Waals surface area contributed by atoms with Gasteiger partial charge in [-0.1, -0.05) is 6.92 Å². The summed E-state index contributed by atoms with van der Waals surface area (Å²) in [5.74, 6) is 0.182. The lowest BCUT2D eigenvalue weighted by molar-refractivity contribution is -0.0331. The molecule has 18 heavy (non-hydrogen) atoms. The van der Waals surface area contributed by atoms with E-state index in [0.29, 0.717) is 13.0 Å². The molecule has 1 unspecified atom stereocenters. The van der Waals surface area contributed by atoms with Crippen LogP contribution < -0.4 is 0 Å². The van der Waals surface area contributed by atoms with Crippen molar-refractivity contribution in [2.75, 3.05) is 39.5 Å². The fourth-order valence-corrected chi connectivity index (χ4v) is 3.20. The largest absolute Gasteiger partial charge is 0.389 e. The SMILES string of the molecule is CCC1(O)CCCN(CCCS(=O)(=O)N(C)C)C1. The van der Waals surface area contributed by atoms with Crippen molar-refractivity contribution in [2.24, 2.45) is 0 Å². The van der Waals surface area contributed by atoms with Gasteiger partial charge in [0.1, 0.15) is 0 Å². The van der Waals surface area contributed by atoms with E-state index < -0.39 is 15.6 Å². The maximum absolute atomic E-state index is 11.6. The Hall–Kier alpha value is -0.170. The van der Waals surface area contributed by atoms with Crippen LogP contribution in [0, 0.1) is 0 Å². The molecule has 1 atom stereocenters. The second-order valence-corrected chi connectivity index (χ2v) is 7.71. The molecule has 6 heteroatoms. The van der Waals surface area contributed by atoms with Gasteiger partial charge in [-0.2, -0.15) is 0 Å². The fraction of sp³-hybridized carbons (Fsp3) is 1.00. The topological polar surface area (TPSA) is 60.9 Å². The van der Waals surface area contributed by atoms with Gasteiger partial charge in [0.15, 0.2) is 0 Å². The molecule has 5 nitrogen and oxygen atoms in total. The maximum atomic E-state index is 11.6. The highest BCUT2D eigenvalue weighted by atomic mass is 32.2. The van der Waals surface area contributed by atoms with E-state index in [9.17, 15) is 13.5 Å². The lowest BCUT2D eigenvalue weighted by atomic mass is 9.90. The number of nitrogens with zero attached hydrogens (tertiary/aromatic N) is 2. The third-order valence-corrected chi connectivity index (χ3v) is 5.64. The van der Waals surface area contributed by atoms with Gasteiger partial charge in [0, 0.05) is 20.6 Å². The zero-order valence-corrected chi connectivity index (χ0v) is 12.5. The molecule has 0 radical (unpaired) electrons. The molecule has 0 aromatic rings. The molecule has 1 saturated heterocycles. The van der Waals surface area contributed by atoms with Crippen LogP contribution in [0.1, 0.15) is 32.6 Å². The molecule has 0 aromatic carbocycles. The van der Waals surface area contributed by atoms with Crippen LogP contribution in [-0.4, -0.2) is 67.8 Å². The Morgan fingerprint density at radius 2 is 2.06 bits per heavy atom. The van der Waals surface area contributed by atoms with E-state index in [1.54, 1.807) is 14.1 Å². The monoisotopic (exact) mass is 278 g/mol. The second-order valence-electron chi connectivity index (χ2n) is 5.41. The summed E-state index contributed by atoms with van der Waals surface area (Å²) < 4.78 is 24.5. The minimum atomic E-state index is -3.09. The molecule has 0 aromatic heterocycles. The highest BCUT2D eigenvalue weighted by Gasteiger charge is 2.31. The van der Waals surface area contributed by atoms with Gasteiger partial charge in [-0.15, -0.1) is 0 Å². The summed E-state index contributed by atoms with van der Waals surface area (Å²) in [4.78, 5) is 2.18. The summed E-state index contributed by atoms with van der Waals surface area (Å²) in [5.41, 5.74) is -0.571. The number of hydrogen-bond acceptors (Lipinski definition) is 4. The van der Waals surface area contributed by atoms with Crippen molar-refractivity contribution in [3.05, 3.63) is 0 Å². The summed E-state index contributed by atoms with van der Waals surface area (Å²) in [6, 6.07) is 0. The number of rotatable bonds is 6. The molecule has 0 bridgehead atoms. The normalized spacial score (nSPS) is 26.7. The smallest absolute Gasteiger partial charge is 0.213 e. The van der Waals surface area contributed by atoms with E-state index in [4.69, 9.17) is 0 Å². The standard InChI is InChI=1S/C12H26N2O3S/c1-4-12(15)7-5-8-14(11-12)9-6-10-18(16,17)13(2)3/h15H,4-11H2,1-3H3. The Balaban J connectivity index is 2.36. The molecule has 1 rings (SSSR count). The zero-order valence-electron chi connectivity index (χ0n) is 11.7. The van der Waals surface area contributed by atoms with Crippen molar-refractivity contribution >= 4 is 10.0 Å². The molecule has 108 valence electrons. The Bertz CT molecular complexity index is 356. The van der Waals surface area contributed by atoms with Crippen LogP contribution in [0.2, 0.25) is 0 Å². The summed E-state index contributed by atoms with van der Waals surface area (Å²) in [7, 11) is 0.0340. The first-order valence-electron chi connectivity index (χ1n) is 6.64. The van der Waals surface area contributed by atoms with Crippen LogP contribution in [0.5, 0.6) is 0 Å². The van der Waals surface area contributed by atoms with E-state index in [0.717, 1.165) is 32.4 Å². The Morgan fingerprint density at radius 1 is 1.39 bits per heavy atom. The van der Waals surface area contributed by atoms with E-state index in [1.165, 1.54) is 4.31 Å². The number of aliphatic hydroxyl groups is 1. The number of β-amino-alcohol motifs (C(OH)–C–C–N with tert-alkyl or cyclic N) is 1. The molecule has 1 aliphatic rings. The minimum absolute atomic E-state index is 0.182. The molecule has 1 N–H and O–H groups in total. The van der Waals surface area contributed by atoms with Gasteiger partial charge in [0.2, 0.25) is 10.0 Å². The van der Waals surface area contributed by atoms with Crippen molar-refractivity contribution in [3.63, 3.8) is 0 Å². The van der Waals surface area contributed by atoms with Gasteiger partial charge in [-0.05, 0) is 38.8 Å². The Kier molecular flexibility index (Phi) is 5.58. The van der Waals surface area contributed by atoms with Crippen molar-refractivity contribution < 1.29 is 13.5 Å². The van der Waals surface area contributed by atoms with Gasteiger partial charge >= 0.3 is 0 Å². The van der Waals surface area contributed by atoms with E-state index in [2.05, 4.69) is 4.90 Å². The van der Waals surface area contributed by atoms with Gasteiger partial charge in [0.25, 0.3) is 0 Å². The molecule has 0 amide bonds. The average Bonchev–Trinajstić information content (AvgIpc) is 2.29. The van der Waals surface area contributed by atoms with Gasteiger partial charge < -0.3 is 10.0 Å². The summed E-state index contributed by atoms with van der Waals surface area (Å²) >= 11 is 0. The number of likely N-dealkylation sites (tertiary alicyclic amines) is 1. The van der Waals surface area contributed by atoms with Gasteiger partial charge in [-0.3, -0.25) is 0 Å². The molecule has 1 fully saturated rings. The lowest BCUT2D eigenvalue weighted by Gasteiger charge is -2.38. The summed E-state index contributed by atoms with van der Waals surface area (Å²) in [6.45, 7) is 4.38. The highest BCUT2D eigenvalue weighted by molar-refractivity contribution is 7.89. The number of piperidine rings is 1. The van der Waals surface area contributed by atoms with E-state index in [-0.39, 0.29) is 5.75 Å². The van der Waals surface area contributed by atoms with Crippen molar-refractivity contribution in [1.29, 1.82) is 0 Å². The molecule has 1 heterocycles. The maximum Gasteiger partial charge on any atom is 0.213 e. The van der Waals surface area contributed by atoms with Crippen LogP contribution >= 0.6 is 0 Å². The Labute approximate surface area is 111 Å². The van der Waals surface area contributed by atoms with Crippen molar-refractivity contribution in [2.45, 2.75) is 38.2 Å². The average molecular weight is 278 g/mol. The Morgan fingerprint density at radius 3 is 2.61 bits per heavy atom. The molecular formula is C12H26N2O3S.